The molecule has 0 radical (unpaired) electrons. The second kappa shape index (κ2) is 10.1. The number of hydrogen-bond acceptors (Lipinski definition) is 4. The van der Waals surface area contributed by atoms with Crippen LogP contribution in [-0.2, 0) is 32.0 Å². The van der Waals surface area contributed by atoms with E-state index in [9.17, 15) is 18.8 Å². The van der Waals surface area contributed by atoms with Crippen LogP contribution in [0.4, 0.5) is 10.1 Å². The van der Waals surface area contributed by atoms with E-state index in [1.807, 2.05) is 25.1 Å². The van der Waals surface area contributed by atoms with Crippen molar-refractivity contribution in [2.75, 3.05) is 18.5 Å². The summed E-state index contributed by atoms with van der Waals surface area (Å²) in [6.07, 6.45) is 0.628. The average Bonchev–Trinajstić information content (AvgIpc) is 2.65. The van der Waals surface area contributed by atoms with Crippen LogP contribution in [0.2, 0.25) is 0 Å². The molecule has 2 amide bonds. The Morgan fingerprint density at radius 2 is 1.81 bits per heavy atom. The van der Waals surface area contributed by atoms with Gasteiger partial charge < -0.3 is 15.4 Å². The van der Waals surface area contributed by atoms with E-state index in [0.29, 0.717) is 11.3 Å². The first-order valence-corrected chi connectivity index (χ1v) is 8.52. The zero-order chi connectivity index (χ0) is 19.6. The number of benzene rings is 2. The largest absolute Gasteiger partial charge is 0.455 e. The number of rotatable bonds is 8. The average molecular weight is 372 g/mol. The molecule has 0 aliphatic carbocycles. The van der Waals surface area contributed by atoms with Crippen LogP contribution in [0.1, 0.15) is 18.1 Å². The summed E-state index contributed by atoms with van der Waals surface area (Å²) in [5, 5.41) is 5.10. The SMILES string of the molecule is CCc1ccccc1NC(=O)CNC(=O)COC(=O)Cc1cccc(F)c1. The van der Waals surface area contributed by atoms with Gasteiger partial charge in [-0.2, -0.15) is 0 Å². The molecule has 142 valence electrons. The van der Waals surface area contributed by atoms with Gasteiger partial charge in [0, 0.05) is 5.69 Å². The number of ether oxygens (including phenoxy) is 1. The lowest BCUT2D eigenvalue weighted by molar-refractivity contribution is -0.147. The molecule has 0 aliphatic heterocycles. The van der Waals surface area contributed by atoms with Crippen molar-refractivity contribution in [3.05, 3.63) is 65.5 Å². The molecule has 0 aliphatic rings. The van der Waals surface area contributed by atoms with Crippen molar-refractivity contribution in [3.63, 3.8) is 0 Å². The zero-order valence-electron chi connectivity index (χ0n) is 15.0. The monoisotopic (exact) mass is 372 g/mol. The van der Waals surface area contributed by atoms with Crippen molar-refractivity contribution >= 4 is 23.5 Å². The molecule has 0 heterocycles. The van der Waals surface area contributed by atoms with E-state index in [1.165, 1.54) is 18.2 Å². The van der Waals surface area contributed by atoms with E-state index in [1.54, 1.807) is 12.1 Å². The van der Waals surface area contributed by atoms with E-state index in [0.717, 1.165) is 12.0 Å². The highest BCUT2D eigenvalue weighted by Gasteiger charge is 2.11. The van der Waals surface area contributed by atoms with Gasteiger partial charge in [0.05, 0.1) is 13.0 Å². The normalized spacial score (nSPS) is 10.1. The van der Waals surface area contributed by atoms with Crippen molar-refractivity contribution in [1.29, 1.82) is 0 Å². The molecule has 0 saturated carbocycles. The molecule has 27 heavy (non-hydrogen) atoms. The van der Waals surface area contributed by atoms with Crippen LogP contribution in [0.15, 0.2) is 48.5 Å². The van der Waals surface area contributed by atoms with E-state index in [-0.39, 0.29) is 18.9 Å². The van der Waals surface area contributed by atoms with Gasteiger partial charge in [0.15, 0.2) is 6.61 Å². The maximum absolute atomic E-state index is 13.1. The number of para-hydroxylation sites is 1. The van der Waals surface area contributed by atoms with Gasteiger partial charge in [-0.3, -0.25) is 14.4 Å². The fraction of sp³-hybridized carbons (Fsp3) is 0.250. The summed E-state index contributed by atoms with van der Waals surface area (Å²) in [6.45, 7) is 1.23. The van der Waals surface area contributed by atoms with E-state index in [2.05, 4.69) is 10.6 Å². The molecule has 0 unspecified atom stereocenters. The number of halogens is 1. The topological polar surface area (TPSA) is 84.5 Å². The number of carbonyl (C=O) groups excluding carboxylic acids is 3. The number of esters is 1. The molecule has 2 aromatic carbocycles. The van der Waals surface area contributed by atoms with Gasteiger partial charge in [0.2, 0.25) is 5.91 Å². The maximum Gasteiger partial charge on any atom is 0.310 e. The summed E-state index contributed by atoms with van der Waals surface area (Å²) in [5.41, 5.74) is 2.14. The van der Waals surface area contributed by atoms with Crippen LogP contribution in [0.25, 0.3) is 0 Å². The van der Waals surface area contributed by atoms with Crippen LogP contribution in [0.3, 0.4) is 0 Å². The van der Waals surface area contributed by atoms with Crippen molar-refractivity contribution in [1.82, 2.24) is 5.32 Å². The minimum absolute atomic E-state index is 0.140. The predicted octanol–water partition coefficient (Wildman–Crippen LogP) is 2.23. The number of carbonyl (C=O) groups is 3. The predicted molar refractivity (Wildman–Crippen MR) is 98.5 cm³/mol. The van der Waals surface area contributed by atoms with E-state index < -0.39 is 24.3 Å². The smallest absolute Gasteiger partial charge is 0.310 e. The molecule has 2 N–H and O–H groups in total. The van der Waals surface area contributed by atoms with Crippen molar-refractivity contribution in [2.24, 2.45) is 0 Å². The van der Waals surface area contributed by atoms with E-state index >= 15 is 0 Å². The number of nitrogens with one attached hydrogen (secondary N) is 2. The molecule has 6 nitrogen and oxygen atoms in total. The highest BCUT2D eigenvalue weighted by atomic mass is 19.1. The third kappa shape index (κ3) is 6.89. The zero-order valence-corrected chi connectivity index (χ0v) is 15.0. The molecular formula is C20H21FN2O4. The molecule has 7 heteroatoms. The number of aryl methyl sites for hydroxylation is 1. The summed E-state index contributed by atoms with van der Waals surface area (Å²) in [6, 6.07) is 13.0. The highest BCUT2D eigenvalue weighted by molar-refractivity contribution is 5.95. The third-order valence-corrected chi connectivity index (χ3v) is 3.72. The Morgan fingerprint density at radius 3 is 2.56 bits per heavy atom. The van der Waals surface area contributed by atoms with Crippen LogP contribution >= 0.6 is 0 Å². The molecule has 2 aromatic rings. The Balaban J connectivity index is 1.71. The van der Waals surface area contributed by atoms with Gasteiger partial charge in [-0.05, 0) is 35.7 Å². The standard InChI is InChI=1S/C20H21FN2O4/c1-2-15-7-3-4-9-17(15)23-18(24)12-22-19(25)13-27-20(26)11-14-6-5-8-16(21)10-14/h3-10H,2,11-13H2,1H3,(H,22,25)(H,23,24). The Bertz CT molecular complexity index is 823. The molecule has 0 bridgehead atoms. The minimum atomic E-state index is -0.655. The second-order valence-corrected chi connectivity index (χ2v) is 5.80. The van der Waals surface area contributed by atoms with Gasteiger partial charge in [-0.25, -0.2) is 4.39 Å². The Kier molecular flexibility index (Phi) is 7.49. The summed E-state index contributed by atoms with van der Waals surface area (Å²) < 4.78 is 17.9. The highest BCUT2D eigenvalue weighted by Crippen LogP contribution is 2.14. The Morgan fingerprint density at radius 1 is 1.04 bits per heavy atom. The Labute approximate surface area is 156 Å². The van der Waals surface area contributed by atoms with Gasteiger partial charge >= 0.3 is 5.97 Å². The molecule has 2 rings (SSSR count). The summed E-state index contributed by atoms with van der Waals surface area (Å²) in [5.74, 6) is -2.08. The van der Waals surface area contributed by atoms with Gasteiger partial charge in [0.1, 0.15) is 5.82 Å². The maximum atomic E-state index is 13.1. The van der Waals surface area contributed by atoms with Crippen LogP contribution in [0.5, 0.6) is 0 Å². The van der Waals surface area contributed by atoms with Gasteiger partial charge in [0.25, 0.3) is 5.91 Å². The van der Waals surface area contributed by atoms with Crippen LogP contribution in [-0.4, -0.2) is 30.9 Å². The lowest BCUT2D eigenvalue weighted by atomic mass is 10.1. The minimum Gasteiger partial charge on any atom is -0.455 e. The van der Waals surface area contributed by atoms with Crippen molar-refractivity contribution in [2.45, 2.75) is 19.8 Å². The lowest BCUT2D eigenvalue weighted by Gasteiger charge is -2.10. The second-order valence-electron chi connectivity index (χ2n) is 5.80. The molecule has 0 atom stereocenters. The van der Waals surface area contributed by atoms with E-state index in [4.69, 9.17) is 4.74 Å². The number of amides is 2. The molecule has 0 saturated heterocycles. The van der Waals surface area contributed by atoms with Gasteiger partial charge in [-0.1, -0.05) is 37.3 Å². The Hall–Kier alpha value is -3.22. The van der Waals surface area contributed by atoms with Crippen LogP contribution < -0.4 is 10.6 Å². The van der Waals surface area contributed by atoms with Gasteiger partial charge in [-0.15, -0.1) is 0 Å². The summed E-state index contributed by atoms with van der Waals surface area (Å²) in [7, 11) is 0. The first-order valence-electron chi connectivity index (χ1n) is 8.52. The molecule has 0 aromatic heterocycles. The first-order chi connectivity index (χ1) is 13.0. The van der Waals surface area contributed by atoms with Crippen molar-refractivity contribution in [3.8, 4) is 0 Å². The third-order valence-electron chi connectivity index (χ3n) is 3.72. The molecular weight excluding hydrogens is 351 g/mol. The quantitative estimate of drug-likeness (QED) is 0.696. The fourth-order valence-corrected chi connectivity index (χ4v) is 2.39. The lowest BCUT2D eigenvalue weighted by Crippen LogP contribution is -2.35. The number of hydrogen-bond donors (Lipinski definition) is 2. The summed E-state index contributed by atoms with van der Waals surface area (Å²) in [4.78, 5) is 35.3. The number of anilines is 1. The summed E-state index contributed by atoms with van der Waals surface area (Å²) >= 11 is 0. The molecule has 0 fully saturated rings. The first kappa shape index (κ1) is 20.1. The fourth-order valence-electron chi connectivity index (χ4n) is 2.39. The molecule has 0 spiro atoms. The van der Waals surface area contributed by atoms with Crippen molar-refractivity contribution < 1.29 is 23.5 Å². The van der Waals surface area contributed by atoms with Crippen LogP contribution in [0, 0.1) is 5.82 Å².